The summed E-state index contributed by atoms with van der Waals surface area (Å²) in [4.78, 5) is 1.38. The number of likely N-dealkylation sites (N-methyl/N-ethyl adjacent to an activating group) is 1. The predicted molar refractivity (Wildman–Crippen MR) is 95.0 cm³/mol. The van der Waals surface area contributed by atoms with E-state index in [0.29, 0.717) is 5.41 Å². The first-order valence-electron chi connectivity index (χ1n) is 8.04. The molecule has 0 saturated heterocycles. The van der Waals surface area contributed by atoms with E-state index < -0.39 is 0 Å². The van der Waals surface area contributed by atoms with Gasteiger partial charge < -0.3 is 10.1 Å². The molecule has 0 radical (unpaired) electrons. The number of ether oxygens (including phenoxy) is 1. The highest BCUT2D eigenvalue weighted by atomic mass is 79.9. The second kappa shape index (κ2) is 7.12. The van der Waals surface area contributed by atoms with Crippen molar-refractivity contribution in [1.82, 2.24) is 5.32 Å². The molecule has 1 aromatic rings. The van der Waals surface area contributed by atoms with Crippen molar-refractivity contribution in [1.29, 1.82) is 0 Å². The van der Waals surface area contributed by atoms with Crippen LogP contribution in [-0.2, 0) is 4.74 Å². The summed E-state index contributed by atoms with van der Waals surface area (Å²) in [5, 5.41) is 5.87. The summed E-state index contributed by atoms with van der Waals surface area (Å²) in [6.45, 7) is 10.8. The summed E-state index contributed by atoms with van der Waals surface area (Å²) in [7, 11) is 0. The molecule has 0 aliphatic heterocycles. The second-order valence-electron chi connectivity index (χ2n) is 6.79. The fourth-order valence-electron chi connectivity index (χ4n) is 3.39. The SMILES string of the molecule is CCNC(c1sccc1Br)C1(OCC)CCC(C)(C)CC1. The lowest BCUT2D eigenvalue weighted by Gasteiger charge is -2.47. The lowest BCUT2D eigenvalue weighted by atomic mass is 9.68. The zero-order chi connectivity index (χ0) is 15.5. The topological polar surface area (TPSA) is 21.3 Å². The Morgan fingerprint density at radius 1 is 1.29 bits per heavy atom. The Bertz CT molecular complexity index is 447. The third kappa shape index (κ3) is 3.90. The van der Waals surface area contributed by atoms with Crippen LogP contribution in [0.25, 0.3) is 0 Å². The molecule has 1 unspecified atom stereocenters. The summed E-state index contributed by atoms with van der Waals surface area (Å²) in [5.74, 6) is 0. The lowest BCUT2D eigenvalue weighted by molar-refractivity contribution is -0.107. The van der Waals surface area contributed by atoms with Crippen molar-refractivity contribution in [3.63, 3.8) is 0 Å². The number of nitrogens with one attached hydrogen (secondary N) is 1. The van der Waals surface area contributed by atoms with Crippen LogP contribution in [0.5, 0.6) is 0 Å². The quantitative estimate of drug-likeness (QED) is 0.706. The van der Waals surface area contributed by atoms with Crippen LogP contribution < -0.4 is 5.32 Å². The second-order valence-corrected chi connectivity index (χ2v) is 8.59. The van der Waals surface area contributed by atoms with E-state index in [-0.39, 0.29) is 11.6 Å². The van der Waals surface area contributed by atoms with Gasteiger partial charge in [-0.25, -0.2) is 0 Å². The maximum absolute atomic E-state index is 6.38. The average Bonchev–Trinajstić information content (AvgIpc) is 2.85. The van der Waals surface area contributed by atoms with E-state index in [4.69, 9.17) is 4.74 Å². The maximum atomic E-state index is 6.38. The average molecular weight is 374 g/mol. The highest BCUT2D eigenvalue weighted by Gasteiger charge is 2.46. The minimum Gasteiger partial charge on any atom is -0.373 e. The fourth-order valence-corrected chi connectivity index (χ4v) is 5.17. The van der Waals surface area contributed by atoms with E-state index in [9.17, 15) is 0 Å². The number of hydrogen-bond donors (Lipinski definition) is 1. The number of halogens is 1. The third-order valence-corrected chi connectivity index (χ3v) is 6.66. The molecule has 0 spiro atoms. The summed E-state index contributed by atoms with van der Waals surface area (Å²) >= 11 is 5.54. The highest BCUT2D eigenvalue weighted by Crippen LogP contribution is 2.49. The van der Waals surface area contributed by atoms with Gasteiger partial charge in [0.1, 0.15) is 0 Å². The van der Waals surface area contributed by atoms with Gasteiger partial charge in [0.25, 0.3) is 0 Å². The largest absolute Gasteiger partial charge is 0.373 e. The first-order valence-corrected chi connectivity index (χ1v) is 9.71. The zero-order valence-corrected chi connectivity index (χ0v) is 16.1. The van der Waals surface area contributed by atoms with Gasteiger partial charge in [-0.2, -0.15) is 0 Å². The van der Waals surface area contributed by atoms with Crippen LogP contribution in [0.2, 0.25) is 0 Å². The maximum Gasteiger partial charge on any atom is 0.0884 e. The van der Waals surface area contributed by atoms with Gasteiger partial charge in [-0.1, -0.05) is 20.8 Å². The van der Waals surface area contributed by atoms with Gasteiger partial charge in [0.2, 0.25) is 0 Å². The molecule has 2 rings (SSSR count). The summed E-state index contributed by atoms with van der Waals surface area (Å²) in [6.07, 6.45) is 4.74. The molecule has 1 saturated carbocycles. The van der Waals surface area contributed by atoms with Crippen molar-refractivity contribution in [3.05, 3.63) is 20.8 Å². The molecular formula is C17H28BrNOS. The Balaban J connectivity index is 2.31. The minimum atomic E-state index is -0.0619. The normalized spacial score (nSPS) is 22.1. The molecule has 1 aliphatic rings. The Kier molecular flexibility index (Phi) is 5.91. The predicted octanol–water partition coefficient (Wildman–Crippen LogP) is 5.54. The van der Waals surface area contributed by atoms with E-state index in [1.165, 1.54) is 22.2 Å². The van der Waals surface area contributed by atoms with Gasteiger partial charge in [-0.05, 0) is 71.9 Å². The van der Waals surface area contributed by atoms with E-state index in [1.54, 1.807) is 0 Å². The van der Waals surface area contributed by atoms with Crippen LogP contribution >= 0.6 is 27.3 Å². The van der Waals surface area contributed by atoms with Gasteiger partial charge in [0.05, 0.1) is 11.6 Å². The van der Waals surface area contributed by atoms with Crippen molar-refractivity contribution in [2.45, 2.75) is 65.0 Å². The zero-order valence-electron chi connectivity index (χ0n) is 13.7. The first-order chi connectivity index (χ1) is 9.94. The number of thiophene rings is 1. The Labute approximate surface area is 141 Å². The van der Waals surface area contributed by atoms with E-state index in [1.807, 2.05) is 11.3 Å². The van der Waals surface area contributed by atoms with Crippen LogP contribution in [0.3, 0.4) is 0 Å². The molecule has 1 heterocycles. The van der Waals surface area contributed by atoms with Gasteiger partial charge in [0.15, 0.2) is 0 Å². The molecule has 1 fully saturated rings. The van der Waals surface area contributed by atoms with E-state index >= 15 is 0 Å². The van der Waals surface area contributed by atoms with Crippen LogP contribution in [-0.4, -0.2) is 18.8 Å². The van der Waals surface area contributed by atoms with Gasteiger partial charge >= 0.3 is 0 Å². The molecule has 4 heteroatoms. The summed E-state index contributed by atoms with van der Waals surface area (Å²) in [5.41, 5.74) is 0.387. The molecule has 0 bridgehead atoms. The standard InChI is InChI=1S/C17H28BrNOS/c1-5-19-15(14-13(18)7-12-21-14)17(20-6-2)10-8-16(3,4)9-11-17/h7,12,15,19H,5-6,8-11H2,1-4H3. The number of rotatable bonds is 6. The van der Waals surface area contributed by atoms with Crippen molar-refractivity contribution < 1.29 is 4.74 Å². The van der Waals surface area contributed by atoms with Crippen LogP contribution in [0.15, 0.2) is 15.9 Å². The van der Waals surface area contributed by atoms with Crippen molar-refractivity contribution >= 4 is 27.3 Å². The third-order valence-electron chi connectivity index (χ3n) is 4.72. The molecule has 21 heavy (non-hydrogen) atoms. The minimum absolute atomic E-state index is 0.0619. The van der Waals surface area contributed by atoms with Crippen LogP contribution in [0, 0.1) is 5.41 Å². The smallest absolute Gasteiger partial charge is 0.0884 e. The van der Waals surface area contributed by atoms with E-state index in [2.05, 4.69) is 60.4 Å². The van der Waals surface area contributed by atoms with Gasteiger partial charge in [-0.15, -0.1) is 11.3 Å². The van der Waals surface area contributed by atoms with Gasteiger partial charge in [0, 0.05) is 16.0 Å². The molecule has 120 valence electrons. The van der Waals surface area contributed by atoms with Crippen LogP contribution in [0.1, 0.15) is 64.3 Å². The van der Waals surface area contributed by atoms with Gasteiger partial charge in [-0.3, -0.25) is 0 Å². The van der Waals surface area contributed by atoms with Crippen molar-refractivity contribution in [3.8, 4) is 0 Å². The Hall–Kier alpha value is 0.1000. The highest BCUT2D eigenvalue weighted by molar-refractivity contribution is 9.10. The molecule has 2 nitrogen and oxygen atoms in total. The molecule has 0 amide bonds. The summed E-state index contributed by atoms with van der Waals surface area (Å²) in [6, 6.07) is 2.43. The lowest BCUT2D eigenvalue weighted by Crippen LogP contribution is -2.49. The van der Waals surface area contributed by atoms with Crippen LogP contribution in [0.4, 0.5) is 0 Å². The molecule has 0 aromatic carbocycles. The molecule has 1 atom stereocenters. The molecule has 1 aliphatic carbocycles. The Morgan fingerprint density at radius 2 is 1.95 bits per heavy atom. The molecule has 1 aromatic heterocycles. The Morgan fingerprint density at radius 3 is 2.43 bits per heavy atom. The van der Waals surface area contributed by atoms with Crippen molar-refractivity contribution in [2.24, 2.45) is 5.41 Å². The molecular weight excluding hydrogens is 346 g/mol. The molecule has 1 N–H and O–H groups in total. The summed E-state index contributed by atoms with van der Waals surface area (Å²) < 4.78 is 7.59. The fraction of sp³-hybridized carbons (Fsp3) is 0.765. The van der Waals surface area contributed by atoms with Crippen molar-refractivity contribution in [2.75, 3.05) is 13.2 Å². The number of hydrogen-bond acceptors (Lipinski definition) is 3. The van der Waals surface area contributed by atoms with E-state index in [0.717, 1.165) is 26.0 Å². The monoisotopic (exact) mass is 373 g/mol. The first kappa shape index (κ1) is 17.5.